The van der Waals surface area contributed by atoms with Gasteiger partial charge in [0.1, 0.15) is 0 Å². The number of rotatable bonds is 4. The molecule has 1 aliphatic heterocycles. The molecule has 0 aromatic carbocycles. The van der Waals surface area contributed by atoms with Crippen LogP contribution in [0.4, 0.5) is 4.79 Å². The van der Waals surface area contributed by atoms with Gasteiger partial charge in [-0.1, -0.05) is 33.1 Å². The van der Waals surface area contributed by atoms with E-state index in [9.17, 15) is 4.79 Å². The van der Waals surface area contributed by atoms with E-state index in [0.29, 0.717) is 6.04 Å². The average Bonchev–Trinajstić information content (AvgIpc) is 2.56. The SMILES string of the molecule is CCCC(CC)NC(=O)N1CCCCCC1. The fourth-order valence-electron chi connectivity index (χ4n) is 2.27. The number of nitrogens with one attached hydrogen (secondary N) is 1. The van der Waals surface area contributed by atoms with E-state index in [-0.39, 0.29) is 6.03 Å². The minimum atomic E-state index is 0.155. The molecule has 2 amide bonds. The van der Waals surface area contributed by atoms with Crippen LogP contribution in [-0.2, 0) is 0 Å². The van der Waals surface area contributed by atoms with Crippen molar-refractivity contribution in [1.82, 2.24) is 10.2 Å². The molecule has 0 spiro atoms. The number of urea groups is 1. The van der Waals surface area contributed by atoms with E-state index in [4.69, 9.17) is 0 Å². The number of hydrogen-bond acceptors (Lipinski definition) is 1. The molecule has 1 unspecified atom stereocenters. The Labute approximate surface area is 99.6 Å². The fourth-order valence-corrected chi connectivity index (χ4v) is 2.27. The maximum atomic E-state index is 12.0. The first-order chi connectivity index (χ1) is 7.77. The normalized spacial score (nSPS) is 19.0. The molecule has 0 radical (unpaired) electrons. The zero-order valence-corrected chi connectivity index (χ0v) is 10.8. The minimum Gasteiger partial charge on any atom is -0.335 e. The monoisotopic (exact) mass is 226 g/mol. The summed E-state index contributed by atoms with van der Waals surface area (Å²) in [5.74, 6) is 0. The van der Waals surface area contributed by atoms with Crippen LogP contribution in [0.2, 0.25) is 0 Å². The van der Waals surface area contributed by atoms with Crippen molar-refractivity contribution in [2.75, 3.05) is 13.1 Å². The maximum absolute atomic E-state index is 12.0. The Hall–Kier alpha value is -0.730. The molecule has 94 valence electrons. The Morgan fingerprint density at radius 2 is 1.81 bits per heavy atom. The molecule has 1 fully saturated rings. The van der Waals surface area contributed by atoms with Crippen LogP contribution in [0, 0.1) is 0 Å². The lowest BCUT2D eigenvalue weighted by atomic mass is 10.1. The van der Waals surface area contributed by atoms with E-state index >= 15 is 0 Å². The number of amides is 2. The van der Waals surface area contributed by atoms with Crippen molar-refractivity contribution in [2.24, 2.45) is 0 Å². The third kappa shape index (κ3) is 4.42. The van der Waals surface area contributed by atoms with Crippen LogP contribution in [0.25, 0.3) is 0 Å². The molecule has 3 heteroatoms. The Bertz CT molecular complexity index is 198. The van der Waals surface area contributed by atoms with Gasteiger partial charge in [-0.2, -0.15) is 0 Å². The van der Waals surface area contributed by atoms with Crippen LogP contribution in [0.3, 0.4) is 0 Å². The third-order valence-corrected chi connectivity index (χ3v) is 3.35. The highest BCUT2D eigenvalue weighted by atomic mass is 16.2. The number of carbonyl (C=O) groups excluding carboxylic acids is 1. The molecule has 1 saturated heterocycles. The molecule has 1 rings (SSSR count). The summed E-state index contributed by atoms with van der Waals surface area (Å²) in [6.07, 6.45) is 8.14. The second-order valence-corrected chi connectivity index (χ2v) is 4.74. The number of carbonyl (C=O) groups is 1. The Kier molecular flexibility index (Phi) is 6.27. The molecule has 0 bridgehead atoms. The van der Waals surface area contributed by atoms with Gasteiger partial charge in [-0.25, -0.2) is 4.79 Å². The van der Waals surface area contributed by atoms with Gasteiger partial charge in [0.15, 0.2) is 0 Å². The van der Waals surface area contributed by atoms with Gasteiger partial charge in [-0.15, -0.1) is 0 Å². The van der Waals surface area contributed by atoms with Crippen molar-refractivity contribution < 1.29 is 4.79 Å². The topological polar surface area (TPSA) is 32.3 Å². The maximum Gasteiger partial charge on any atom is 0.317 e. The van der Waals surface area contributed by atoms with Crippen LogP contribution in [0.1, 0.15) is 58.8 Å². The van der Waals surface area contributed by atoms with Crippen LogP contribution in [0.5, 0.6) is 0 Å². The second kappa shape index (κ2) is 7.53. The van der Waals surface area contributed by atoms with Gasteiger partial charge in [-0.05, 0) is 25.7 Å². The molecule has 0 aromatic heterocycles. The highest BCUT2D eigenvalue weighted by molar-refractivity contribution is 5.74. The molecular weight excluding hydrogens is 200 g/mol. The molecule has 16 heavy (non-hydrogen) atoms. The smallest absolute Gasteiger partial charge is 0.317 e. The van der Waals surface area contributed by atoms with E-state index in [0.717, 1.165) is 45.2 Å². The summed E-state index contributed by atoms with van der Waals surface area (Å²) in [4.78, 5) is 14.0. The van der Waals surface area contributed by atoms with Crippen molar-refractivity contribution in [3.63, 3.8) is 0 Å². The van der Waals surface area contributed by atoms with E-state index in [1.807, 2.05) is 4.90 Å². The van der Waals surface area contributed by atoms with Gasteiger partial charge in [0.25, 0.3) is 0 Å². The first kappa shape index (κ1) is 13.3. The van der Waals surface area contributed by atoms with Gasteiger partial charge < -0.3 is 10.2 Å². The van der Waals surface area contributed by atoms with Gasteiger partial charge in [-0.3, -0.25) is 0 Å². The van der Waals surface area contributed by atoms with Crippen LogP contribution >= 0.6 is 0 Å². The molecule has 3 nitrogen and oxygen atoms in total. The number of likely N-dealkylation sites (tertiary alicyclic amines) is 1. The zero-order chi connectivity index (χ0) is 11.8. The standard InChI is InChI=1S/C13H26N2O/c1-3-9-12(4-2)14-13(16)15-10-7-5-6-8-11-15/h12H,3-11H2,1-2H3,(H,14,16). The summed E-state index contributed by atoms with van der Waals surface area (Å²) < 4.78 is 0. The minimum absolute atomic E-state index is 0.155. The van der Waals surface area contributed by atoms with E-state index in [2.05, 4.69) is 19.2 Å². The zero-order valence-electron chi connectivity index (χ0n) is 10.8. The number of nitrogens with zero attached hydrogens (tertiary/aromatic N) is 1. The molecule has 1 heterocycles. The van der Waals surface area contributed by atoms with E-state index < -0.39 is 0 Å². The summed E-state index contributed by atoms with van der Waals surface area (Å²) in [6.45, 7) is 6.19. The first-order valence-electron chi connectivity index (χ1n) is 6.83. The van der Waals surface area contributed by atoms with E-state index in [1.165, 1.54) is 12.8 Å². The summed E-state index contributed by atoms with van der Waals surface area (Å²) in [5, 5.41) is 3.15. The number of hydrogen-bond donors (Lipinski definition) is 1. The second-order valence-electron chi connectivity index (χ2n) is 4.74. The lowest BCUT2D eigenvalue weighted by Gasteiger charge is -2.24. The molecule has 1 atom stereocenters. The Morgan fingerprint density at radius 3 is 2.31 bits per heavy atom. The molecule has 1 N–H and O–H groups in total. The van der Waals surface area contributed by atoms with Gasteiger partial charge >= 0.3 is 6.03 Å². The predicted molar refractivity (Wildman–Crippen MR) is 67.6 cm³/mol. The summed E-state index contributed by atoms with van der Waals surface area (Å²) in [7, 11) is 0. The van der Waals surface area contributed by atoms with Gasteiger partial charge in [0, 0.05) is 19.1 Å². The average molecular weight is 226 g/mol. The fraction of sp³-hybridized carbons (Fsp3) is 0.923. The summed E-state index contributed by atoms with van der Waals surface area (Å²) in [6, 6.07) is 0.517. The Balaban J connectivity index is 2.36. The first-order valence-corrected chi connectivity index (χ1v) is 6.83. The molecular formula is C13H26N2O. The van der Waals surface area contributed by atoms with Gasteiger partial charge in [0.05, 0.1) is 0 Å². The lowest BCUT2D eigenvalue weighted by molar-refractivity contribution is 0.194. The van der Waals surface area contributed by atoms with E-state index in [1.54, 1.807) is 0 Å². The van der Waals surface area contributed by atoms with Gasteiger partial charge in [0.2, 0.25) is 0 Å². The highest BCUT2D eigenvalue weighted by Gasteiger charge is 2.17. The van der Waals surface area contributed by atoms with Crippen molar-refractivity contribution in [2.45, 2.75) is 64.8 Å². The van der Waals surface area contributed by atoms with Crippen LogP contribution in [-0.4, -0.2) is 30.1 Å². The Morgan fingerprint density at radius 1 is 1.19 bits per heavy atom. The third-order valence-electron chi connectivity index (χ3n) is 3.35. The van der Waals surface area contributed by atoms with Crippen molar-refractivity contribution in [3.05, 3.63) is 0 Å². The molecule has 0 aromatic rings. The molecule has 0 saturated carbocycles. The molecule has 0 aliphatic carbocycles. The summed E-state index contributed by atoms with van der Waals surface area (Å²) >= 11 is 0. The highest BCUT2D eigenvalue weighted by Crippen LogP contribution is 2.10. The largest absolute Gasteiger partial charge is 0.335 e. The van der Waals surface area contributed by atoms with Crippen molar-refractivity contribution in [1.29, 1.82) is 0 Å². The van der Waals surface area contributed by atoms with Crippen molar-refractivity contribution >= 4 is 6.03 Å². The quantitative estimate of drug-likeness (QED) is 0.784. The lowest BCUT2D eigenvalue weighted by Crippen LogP contribution is -2.45. The van der Waals surface area contributed by atoms with Crippen LogP contribution < -0.4 is 5.32 Å². The summed E-state index contributed by atoms with van der Waals surface area (Å²) in [5.41, 5.74) is 0. The predicted octanol–water partition coefficient (Wildman–Crippen LogP) is 3.15. The molecule has 1 aliphatic rings. The van der Waals surface area contributed by atoms with Crippen LogP contribution in [0.15, 0.2) is 0 Å². The van der Waals surface area contributed by atoms with Crippen molar-refractivity contribution in [3.8, 4) is 0 Å².